The van der Waals surface area contributed by atoms with E-state index in [1.165, 1.54) is 20.3 Å². The summed E-state index contributed by atoms with van der Waals surface area (Å²) in [4.78, 5) is 10.0. The van der Waals surface area contributed by atoms with Crippen molar-refractivity contribution in [2.45, 2.75) is 0 Å². The van der Waals surface area contributed by atoms with Gasteiger partial charge in [0, 0.05) is 12.1 Å². The van der Waals surface area contributed by atoms with Crippen LogP contribution in [0.1, 0.15) is 0 Å². The van der Waals surface area contributed by atoms with Crippen molar-refractivity contribution in [1.29, 1.82) is 0 Å². The molecule has 14 heavy (non-hydrogen) atoms. The average molecular weight is 200 g/mol. The van der Waals surface area contributed by atoms with E-state index in [1.807, 2.05) is 0 Å². The molecule has 0 fully saturated rings. The largest absolute Gasteiger partial charge is 0.493 e. The number of benzene rings is 1. The van der Waals surface area contributed by atoms with E-state index in [0.29, 0.717) is 5.75 Å². The summed E-state index contributed by atoms with van der Waals surface area (Å²) in [5.74, 6) is -0.346. The van der Waals surface area contributed by atoms with Crippen molar-refractivity contribution in [1.82, 2.24) is 0 Å². The molecule has 5 heteroatoms. The minimum absolute atomic E-state index is 0.143. The van der Waals surface area contributed by atoms with Crippen LogP contribution in [0.5, 0.6) is 17.2 Å². The molecule has 0 saturated carbocycles. The predicted molar refractivity (Wildman–Crippen MR) is 46.2 cm³/mol. The van der Waals surface area contributed by atoms with E-state index in [4.69, 9.17) is 9.47 Å². The SMILES string of the molecule is COc1cc(F)c(OC=O)cc1OC. The van der Waals surface area contributed by atoms with Gasteiger partial charge in [0.05, 0.1) is 14.2 Å². The number of rotatable bonds is 4. The first kappa shape index (κ1) is 10.3. The molecule has 0 aromatic heterocycles. The van der Waals surface area contributed by atoms with E-state index in [9.17, 15) is 9.18 Å². The lowest BCUT2D eigenvalue weighted by molar-refractivity contribution is -0.120. The fraction of sp³-hybridized carbons (Fsp3) is 0.222. The van der Waals surface area contributed by atoms with Gasteiger partial charge in [-0.25, -0.2) is 4.39 Å². The Bertz CT molecular complexity index is 338. The molecule has 0 saturated heterocycles. The lowest BCUT2D eigenvalue weighted by atomic mass is 10.3. The third-order valence-corrected chi connectivity index (χ3v) is 1.61. The fourth-order valence-corrected chi connectivity index (χ4v) is 0.978. The molecule has 1 aromatic carbocycles. The summed E-state index contributed by atoms with van der Waals surface area (Å²) >= 11 is 0. The summed E-state index contributed by atoms with van der Waals surface area (Å²) in [7, 11) is 2.79. The van der Waals surface area contributed by atoms with E-state index < -0.39 is 5.82 Å². The fourth-order valence-electron chi connectivity index (χ4n) is 0.978. The van der Waals surface area contributed by atoms with Gasteiger partial charge in [0.25, 0.3) is 6.47 Å². The van der Waals surface area contributed by atoms with Gasteiger partial charge in [-0.3, -0.25) is 4.79 Å². The normalized spacial score (nSPS) is 9.36. The van der Waals surface area contributed by atoms with Gasteiger partial charge in [0.15, 0.2) is 23.1 Å². The molecule has 4 nitrogen and oxygen atoms in total. The molecule has 0 aliphatic heterocycles. The lowest BCUT2D eigenvalue weighted by Gasteiger charge is -2.08. The van der Waals surface area contributed by atoms with Crippen LogP contribution in [-0.2, 0) is 4.79 Å². The Balaban J connectivity index is 3.15. The average Bonchev–Trinajstić information content (AvgIpc) is 2.20. The van der Waals surface area contributed by atoms with Crippen molar-refractivity contribution in [2.24, 2.45) is 0 Å². The topological polar surface area (TPSA) is 44.8 Å². The van der Waals surface area contributed by atoms with Gasteiger partial charge in [-0.05, 0) is 0 Å². The number of hydrogen-bond donors (Lipinski definition) is 0. The number of methoxy groups -OCH3 is 2. The van der Waals surface area contributed by atoms with E-state index in [-0.39, 0.29) is 18.0 Å². The summed E-state index contributed by atoms with van der Waals surface area (Å²) < 4.78 is 27.2. The van der Waals surface area contributed by atoms with Gasteiger partial charge >= 0.3 is 0 Å². The summed E-state index contributed by atoms with van der Waals surface area (Å²) in [6, 6.07) is 2.32. The highest BCUT2D eigenvalue weighted by Crippen LogP contribution is 2.33. The molecule has 1 rings (SSSR count). The predicted octanol–water partition coefficient (Wildman–Crippen LogP) is 1.38. The van der Waals surface area contributed by atoms with Crippen LogP contribution in [0.15, 0.2) is 12.1 Å². The van der Waals surface area contributed by atoms with E-state index in [1.54, 1.807) is 0 Å². The van der Waals surface area contributed by atoms with Crippen LogP contribution in [0.25, 0.3) is 0 Å². The van der Waals surface area contributed by atoms with Gasteiger partial charge in [0.2, 0.25) is 0 Å². The Morgan fingerprint density at radius 2 is 1.71 bits per heavy atom. The highest BCUT2D eigenvalue weighted by atomic mass is 19.1. The number of carbonyl (C=O) groups is 1. The smallest absolute Gasteiger partial charge is 0.298 e. The summed E-state index contributed by atoms with van der Waals surface area (Å²) in [5.41, 5.74) is 0. The molecular formula is C9H9FO4. The first-order valence-corrected chi connectivity index (χ1v) is 3.74. The molecule has 0 unspecified atom stereocenters. The number of halogens is 1. The van der Waals surface area contributed by atoms with Crippen LogP contribution in [0.3, 0.4) is 0 Å². The maximum Gasteiger partial charge on any atom is 0.298 e. The van der Waals surface area contributed by atoms with Crippen LogP contribution < -0.4 is 14.2 Å². The quantitative estimate of drug-likeness (QED) is 0.689. The monoisotopic (exact) mass is 200 g/mol. The lowest BCUT2D eigenvalue weighted by Crippen LogP contribution is -1.96. The Hall–Kier alpha value is -1.78. The summed E-state index contributed by atoms with van der Waals surface area (Å²) in [6.45, 7) is 0.143. The highest BCUT2D eigenvalue weighted by Gasteiger charge is 2.11. The Labute approximate surface area is 80.2 Å². The zero-order valence-electron chi connectivity index (χ0n) is 7.74. The van der Waals surface area contributed by atoms with Crippen molar-refractivity contribution in [3.05, 3.63) is 17.9 Å². The first-order valence-electron chi connectivity index (χ1n) is 3.74. The zero-order valence-corrected chi connectivity index (χ0v) is 7.74. The van der Waals surface area contributed by atoms with Gasteiger partial charge in [0.1, 0.15) is 0 Å². The third kappa shape index (κ3) is 1.93. The van der Waals surface area contributed by atoms with Crippen LogP contribution in [0.4, 0.5) is 4.39 Å². The van der Waals surface area contributed by atoms with Crippen LogP contribution in [0.2, 0.25) is 0 Å². The second-order valence-corrected chi connectivity index (χ2v) is 2.35. The molecule has 0 amide bonds. The molecule has 0 bridgehead atoms. The minimum atomic E-state index is -0.685. The number of hydrogen-bond acceptors (Lipinski definition) is 4. The molecule has 0 spiro atoms. The molecule has 0 aliphatic carbocycles. The molecule has 0 atom stereocenters. The maximum absolute atomic E-state index is 13.1. The van der Waals surface area contributed by atoms with Crippen molar-refractivity contribution in [3.8, 4) is 17.2 Å². The molecule has 0 radical (unpaired) electrons. The van der Waals surface area contributed by atoms with Crippen LogP contribution in [-0.4, -0.2) is 20.7 Å². The molecule has 0 heterocycles. The Kier molecular flexibility index (Phi) is 3.28. The molecular weight excluding hydrogens is 191 g/mol. The molecule has 76 valence electrons. The maximum atomic E-state index is 13.1. The molecule has 0 aliphatic rings. The summed E-state index contributed by atoms with van der Waals surface area (Å²) in [5, 5.41) is 0. The van der Waals surface area contributed by atoms with Crippen molar-refractivity contribution in [3.63, 3.8) is 0 Å². The van der Waals surface area contributed by atoms with Crippen molar-refractivity contribution >= 4 is 6.47 Å². The van der Waals surface area contributed by atoms with Gasteiger partial charge in [-0.15, -0.1) is 0 Å². The van der Waals surface area contributed by atoms with E-state index in [0.717, 1.165) is 6.07 Å². The first-order chi connectivity index (χ1) is 6.72. The van der Waals surface area contributed by atoms with Crippen molar-refractivity contribution in [2.75, 3.05) is 14.2 Å². The number of ether oxygens (including phenoxy) is 3. The van der Waals surface area contributed by atoms with Gasteiger partial charge < -0.3 is 14.2 Å². The third-order valence-electron chi connectivity index (χ3n) is 1.61. The van der Waals surface area contributed by atoms with Crippen molar-refractivity contribution < 1.29 is 23.4 Å². The second kappa shape index (κ2) is 4.45. The van der Waals surface area contributed by atoms with E-state index >= 15 is 0 Å². The minimum Gasteiger partial charge on any atom is -0.493 e. The van der Waals surface area contributed by atoms with Gasteiger partial charge in [-0.1, -0.05) is 0 Å². The second-order valence-electron chi connectivity index (χ2n) is 2.35. The number of carbonyl (C=O) groups excluding carboxylic acids is 1. The Morgan fingerprint density at radius 3 is 2.21 bits per heavy atom. The molecule has 1 aromatic rings. The van der Waals surface area contributed by atoms with Crippen LogP contribution >= 0.6 is 0 Å². The van der Waals surface area contributed by atoms with Crippen LogP contribution in [0, 0.1) is 5.82 Å². The van der Waals surface area contributed by atoms with E-state index in [2.05, 4.69) is 4.74 Å². The van der Waals surface area contributed by atoms with Gasteiger partial charge in [-0.2, -0.15) is 0 Å². The Morgan fingerprint density at radius 1 is 1.14 bits per heavy atom. The highest BCUT2D eigenvalue weighted by molar-refractivity contribution is 5.51. The summed E-state index contributed by atoms with van der Waals surface area (Å²) in [6.07, 6.45) is 0. The zero-order chi connectivity index (χ0) is 10.6. The molecule has 0 N–H and O–H groups in total. The standard InChI is InChI=1S/C9H9FO4/c1-12-8-3-6(10)7(14-5-11)4-9(8)13-2/h3-5H,1-2H3.